The molecule has 0 aromatic heterocycles. The number of aliphatic hydroxyl groups excluding tert-OH is 6. The van der Waals surface area contributed by atoms with Gasteiger partial charge in [-0.1, -0.05) is 39.3 Å². The third kappa shape index (κ3) is 5.50. The summed E-state index contributed by atoms with van der Waals surface area (Å²) in [4.78, 5) is 0. The molecule has 8 rings (SSSR count). The van der Waals surface area contributed by atoms with Gasteiger partial charge in [0, 0.05) is 23.7 Å². The first-order valence-corrected chi connectivity index (χ1v) is 20.5. The fourth-order valence-electron chi connectivity index (χ4n) is 14.3. The summed E-state index contributed by atoms with van der Waals surface area (Å²) in [5.74, 6) is 0.203. The number of allylic oxidation sites excluding steroid dienone is 1. The molecular formula is C41H66O13. The molecule has 4 heterocycles. The Morgan fingerprint density at radius 3 is 2.24 bits per heavy atom. The number of aliphatic hydroxyl groups is 7. The van der Waals surface area contributed by atoms with E-state index >= 15 is 0 Å². The van der Waals surface area contributed by atoms with E-state index in [1.807, 2.05) is 6.92 Å². The molecule has 0 unspecified atom stereocenters. The van der Waals surface area contributed by atoms with Crippen LogP contribution in [0.15, 0.2) is 11.6 Å². The maximum absolute atomic E-state index is 12.3. The molecular weight excluding hydrogens is 700 g/mol. The second kappa shape index (κ2) is 13.4. The lowest BCUT2D eigenvalue weighted by Crippen LogP contribution is -2.68. The topological polar surface area (TPSA) is 197 Å². The number of rotatable bonds is 6. The van der Waals surface area contributed by atoms with Crippen LogP contribution < -0.4 is 0 Å². The van der Waals surface area contributed by atoms with E-state index in [0.29, 0.717) is 31.0 Å². The van der Waals surface area contributed by atoms with Gasteiger partial charge in [0.15, 0.2) is 18.4 Å². The van der Waals surface area contributed by atoms with Crippen molar-refractivity contribution in [2.45, 2.75) is 166 Å². The monoisotopic (exact) mass is 766 g/mol. The van der Waals surface area contributed by atoms with Crippen LogP contribution in [0, 0.1) is 51.2 Å². The van der Waals surface area contributed by atoms with E-state index in [2.05, 4.69) is 47.6 Å². The Morgan fingerprint density at radius 1 is 0.796 bits per heavy atom. The highest BCUT2D eigenvalue weighted by atomic mass is 16.7. The molecule has 4 saturated heterocycles. The smallest absolute Gasteiger partial charge is 0.187 e. The van der Waals surface area contributed by atoms with Crippen molar-refractivity contribution in [3.63, 3.8) is 0 Å². The van der Waals surface area contributed by atoms with E-state index in [1.165, 1.54) is 5.57 Å². The largest absolute Gasteiger partial charge is 0.394 e. The molecule has 20 atom stereocenters. The molecule has 0 amide bonds. The molecule has 0 aromatic carbocycles. The molecule has 13 heteroatoms. The van der Waals surface area contributed by atoms with Crippen molar-refractivity contribution >= 4 is 0 Å². The number of ether oxygens (including phenoxy) is 6. The van der Waals surface area contributed by atoms with Crippen LogP contribution in [0.25, 0.3) is 0 Å². The average molecular weight is 767 g/mol. The first-order valence-electron chi connectivity index (χ1n) is 20.5. The predicted molar refractivity (Wildman–Crippen MR) is 192 cm³/mol. The van der Waals surface area contributed by atoms with E-state index in [-0.39, 0.29) is 46.2 Å². The average Bonchev–Trinajstić information content (AvgIpc) is 3.64. The van der Waals surface area contributed by atoms with Crippen LogP contribution in [0.3, 0.4) is 0 Å². The molecule has 308 valence electrons. The molecule has 4 aliphatic heterocycles. The molecule has 8 aliphatic rings. The van der Waals surface area contributed by atoms with Gasteiger partial charge in [-0.2, -0.15) is 0 Å². The van der Waals surface area contributed by atoms with E-state index in [4.69, 9.17) is 28.4 Å². The van der Waals surface area contributed by atoms with Gasteiger partial charge < -0.3 is 64.2 Å². The normalized spacial score (nSPS) is 57.7. The standard InChI is InChI=1S/C41H66O13/c1-20(2)14-21-16-50-41-18-40(19-51-41)22(33(41)39(21,7)48)8-9-26-37(5)12-11-27(36(3,4)25(37)10-13-38(26,40)6)53-34-31(47)32(23(43)17-49-34)54-35-30(46)29(45)28(44)24(15-42)52-35/h14,21-35,42-48H,8-13,15-19H2,1-7H3/t21-,22-,23+,24-,25+,26-,27+,28-,29+,30-,31-,32+,33+,34+,35+,37+,38-,39+,40+,41-/m0/s1. The lowest BCUT2D eigenvalue weighted by atomic mass is 9.35. The summed E-state index contributed by atoms with van der Waals surface area (Å²) in [5, 5.41) is 75.2. The van der Waals surface area contributed by atoms with Gasteiger partial charge in [-0.25, -0.2) is 0 Å². The molecule has 2 spiro atoms. The fraction of sp³-hybridized carbons (Fsp3) is 0.951. The van der Waals surface area contributed by atoms with Crippen LogP contribution in [-0.2, 0) is 28.4 Å². The van der Waals surface area contributed by atoms with Gasteiger partial charge >= 0.3 is 0 Å². The number of fused-ring (bicyclic) bond motifs is 4. The second-order valence-electron chi connectivity index (χ2n) is 20.1. The zero-order valence-electron chi connectivity index (χ0n) is 33.1. The van der Waals surface area contributed by atoms with Gasteiger partial charge in [0.05, 0.1) is 38.1 Å². The highest BCUT2D eigenvalue weighted by molar-refractivity contribution is 5.27. The first-order chi connectivity index (χ1) is 25.3. The molecule has 13 nitrogen and oxygen atoms in total. The van der Waals surface area contributed by atoms with Crippen molar-refractivity contribution in [2.75, 3.05) is 26.4 Å². The maximum atomic E-state index is 12.3. The minimum absolute atomic E-state index is 0.00497. The Morgan fingerprint density at radius 2 is 1.54 bits per heavy atom. The highest BCUT2D eigenvalue weighted by Crippen LogP contribution is 2.80. The number of hydrogen-bond acceptors (Lipinski definition) is 13. The Labute approximate surface area is 319 Å². The minimum atomic E-state index is -1.68. The summed E-state index contributed by atoms with van der Waals surface area (Å²) in [6.07, 6.45) is -4.14. The Balaban J connectivity index is 0.993. The van der Waals surface area contributed by atoms with Gasteiger partial charge in [0.25, 0.3) is 0 Å². The molecule has 54 heavy (non-hydrogen) atoms. The van der Waals surface area contributed by atoms with Gasteiger partial charge in [0.1, 0.15) is 42.7 Å². The van der Waals surface area contributed by atoms with Crippen LogP contribution in [0.2, 0.25) is 0 Å². The molecule has 8 fully saturated rings. The van der Waals surface area contributed by atoms with Gasteiger partial charge in [0.2, 0.25) is 0 Å². The zero-order chi connectivity index (χ0) is 39.0. The number of hydrogen-bond donors (Lipinski definition) is 7. The van der Waals surface area contributed by atoms with Crippen LogP contribution in [0.1, 0.15) is 93.4 Å². The molecule has 2 bridgehead atoms. The quantitative estimate of drug-likeness (QED) is 0.153. The van der Waals surface area contributed by atoms with Crippen molar-refractivity contribution in [3.8, 4) is 0 Å². The summed E-state index contributed by atoms with van der Waals surface area (Å²) in [5.41, 5.74) is -0.0875. The van der Waals surface area contributed by atoms with Crippen LogP contribution in [0.5, 0.6) is 0 Å². The third-order valence-electron chi connectivity index (χ3n) is 16.9. The summed E-state index contributed by atoms with van der Waals surface area (Å²) < 4.78 is 37.4. The van der Waals surface area contributed by atoms with Crippen molar-refractivity contribution in [1.29, 1.82) is 0 Å². The predicted octanol–water partition coefficient (Wildman–Crippen LogP) is 2.00. The fourth-order valence-corrected chi connectivity index (χ4v) is 14.3. The van der Waals surface area contributed by atoms with E-state index in [1.54, 1.807) is 0 Å². The molecule has 4 saturated carbocycles. The molecule has 0 aromatic rings. The van der Waals surface area contributed by atoms with Gasteiger partial charge in [-0.05, 0) is 93.3 Å². The second-order valence-corrected chi connectivity index (χ2v) is 20.1. The van der Waals surface area contributed by atoms with Crippen molar-refractivity contribution in [1.82, 2.24) is 0 Å². The molecule has 0 radical (unpaired) electrons. The zero-order valence-corrected chi connectivity index (χ0v) is 33.1. The summed E-state index contributed by atoms with van der Waals surface area (Å²) >= 11 is 0. The van der Waals surface area contributed by atoms with E-state index in [0.717, 1.165) is 44.9 Å². The molecule has 7 N–H and O–H groups in total. The van der Waals surface area contributed by atoms with Crippen LogP contribution in [-0.4, -0.2) is 135 Å². The van der Waals surface area contributed by atoms with Gasteiger partial charge in [-0.15, -0.1) is 0 Å². The van der Waals surface area contributed by atoms with Crippen molar-refractivity contribution in [2.24, 2.45) is 51.2 Å². The Bertz CT molecular complexity index is 1450. The van der Waals surface area contributed by atoms with Crippen molar-refractivity contribution < 1.29 is 64.2 Å². The minimum Gasteiger partial charge on any atom is -0.394 e. The van der Waals surface area contributed by atoms with Crippen LogP contribution >= 0.6 is 0 Å². The third-order valence-corrected chi connectivity index (χ3v) is 16.9. The Kier molecular flexibility index (Phi) is 9.91. The summed E-state index contributed by atoms with van der Waals surface area (Å²) in [7, 11) is 0. The highest BCUT2D eigenvalue weighted by Gasteiger charge is 2.81. The maximum Gasteiger partial charge on any atom is 0.187 e. The van der Waals surface area contributed by atoms with E-state index in [9.17, 15) is 35.7 Å². The lowest BCUT2D eigenvalue weighted by Gasteiger charge is -2.70. The molecule has 4 aliphatic carbocycles. The van der Waals surface area contributed by atoms with Gasteiger partial charge in [-0.3, -0.25) is 0 Å². The first kappa shape index (κ1) is 40.0. The van der Waals surface area contributed by atoms with Crippen LogP contribution in [0.4, 0.5) is 0 Å². The summed E-state index contributed by atoms with van der Waals surface area (Å²) in [6, 6.07) is 0. The Hall–Kier alpha value is -0.780. The van der Waals surface area contributed by atoms with E-state index < -0.39 is 73.3 Å². The lowest BCUT2D eigenvalue weighted by molar-refractivity contribution is -0.358. The SMILES string of the molecule is CC(C)=C[C@H]1CO[C@@]23C[C@@]4(CO2)[C@@H](CC[C@H]2[C@]5(C)CC[C@@H](O[C@H]6OC[C@@H](O)[C@@H](O[C@H]7O[C@@H](CO)[C@H](O)[C@@H](O)[C@@H]7O)[C@@H]6O)C(C)(C)[C@H]5CC[C@@]24C)[C@@H]3[C@]1(C)O. The summed E-state index contributed by atoms with van der Waals surface area (Å²) in [6.45, 7) is 16.1. The van der Waals surface area contributed by atoms with Crippen molar-refractivity contribution in [3.05, 3.63) is 11.6 Å².